The summed E-state index contributed by atoms with van der Waals surface area (Å²) in [4.78, 5) is 9.65. The van der Waals surface area contributed by atoms with Gasteiger partial charge in [-0.25, -0.2) is 14.4 Å². The van der Waals surface area contributed by atoms with Gasteiger partial charge in [-0.05, 0) is 53.6 Å². The van der Waals surface area contributed by atoms with Crippen molar-refractivity contribution in [1.29, 1.82) is 0 Å². The van der Waals surface area contributed by atoms with Gasteiger partial charge in [0.05, 0.1) is 11.4 Å². The van der Waals surface area contributed by atoms with Crippen LogP contribution in [0.3, 0.4) is 0 Å². The normalized spacial score (nSPS) is 10.8. The molecule has 5 rings (SSSR count). The lowest BCUT2D eigenvalue weighted by Gasteiger charge is -2.10. The lowest BCUT2D eigenvalue weighted by molar-refractivity contribution is 0.628. The van der Waals surface area contributed by atoms with E-state index in [1.54, 1.807) is 12.1 Å². The monoisotopic (exact) mass is 480 g/mol. The first-order valence-electron chi connectivity index (χ1n) is 10.2. The molecule has 154 valence electrons. The van der Waals surface area contributed by atoms with E-state index in [-0.39, 0.29) is 5.82 Å². The number of halogens is 2. The van der Waals surface area contributed by atoms with Gasteiger partial charge in [0.25, 0.3) is 0 Å². The molecule has 0 saturated heterocycles. The SMILES string of the molecule is Fc1ccc(-c2cc(-c3ccc(Br)cc3)nc(-c3ccc(-c4ccccc4)cc3)n2)cc1. The molecule has 0 atom stereocenters. The van der Waals surface area contributed by atoms with Gasteiger partial charge in [-0.1, -0.05) is 82.7 Å². The standard InChI is InChI=1S/C28H18BrFN2/c29-24-14-10-21(11-15-24)26-18-27(22-12-16-25(30)17-13-22)32-28(31-26)23-8-6-20(7-9-23)19-4-2-1-3-5-19/h1-18H. The van der Waals surface area contributed by atoms with Crippen LogP contribution in [0.2, 0.25) is 0 Å². The molecule has 0 aliphatic carbocycles. The Hall–Kier alpha value is -3.63. The molecule has 0 radical (unpaired) electrons. The van der Waals surface area contributed by atoms with Crippen molar-refractivity contribution in [2.45, 2.75) is 0 Å². The number of hydrogen-bond donors (Lipinski definition) is 0. The average molecular weight is 481 g/mol. The van der Waals surface area contributed by atoms with Crippen LogP contribution in [0.1, 0.15) is 0 Å². The summed E-state index contributed by atoms with van der Waals surface area (Å²) in [5.41, 5.74) is 6.62. The van der Waals surface area contributed by atoms with Gasteiger partial charge < -0.3 is 0 Å². The van der Waals surface area contributed by atoms with Crippen molar-refractivity contribution in [3.8, 4) is 45.0 Å². The van der Waals surface area contributed by atoms with Crippen LogP contribution in [0, 0.1) is 5.82 Å². The van der Waals surface area contributed by atoms with Crippen LogP contribution in [0.5, 0.6) is 0 Å². The topological polar surface area (TPSA) is 25.8 Å². The minimum atomic E-state index is -0.271. The molecule has 1 aromatic heterocycles. The third-order valence-electron chi connectivity index (χ3n) is 5.26. The molecule has 2 nitrogen and oxygen atoms in total. The third kappa shape index (κ3) is 4.36. The van der Waals surface area contributed by atoms with Gasteiger partial charge >= 0.3 is 0 Å². The molecule has 0 fully saturated rings. The van der Waals surface area contributed by atoms with Crippen LogP contribution in [0.15, 0.2) is 114 Å². The number of nitrogens with zero attached hydrogens (tertiary/aromatic N) is 2. The van der Waals surface area contributed by atoms with Crippen molar-refractivity contribution in [3.05, 3.63) is 119 Å². The lowest BCUT2D eigenvalue weighted by atomic mass is 10.0. The van der Waals surface area contributed by atoms with E-state index in [1.807, 2.05) is 60.7 Å². The van der Waals surface area contributed by atoms with Crippen molar-refractivity contribution in [3.63, 3.8) is 0 Å². The molecule has 32 heavy (non-hydrogen) atoms. The molecular weight excluding hydrogens is 463 g/mol. The highest BCUT2D eigenvalue weighted by Crippen LogP contribution is 2.29. The molecule has 0 aliphatic heterocycles. The van der Waals surface area contributed by atoms with Crippen LogP contribution in [-0.4, -0.2) is 9.97 Å². The molecule has 0 spiro atoms. The zero-order valence-electron chi connectivity index (χ0n) is 17.0. The molecule has 0 aliphatic rings. The summed E-state index contributed by atoms with van der Waals surface area (Å²) in [5, 5.41) is 0. The Morgan fingerprint density at radius 3 is 1.56 bits per heavy atom. The van der Waals surface area contributed by atoms with Gasteiger partial charge in [0.1, 0.15) is 5.82 Å². The number of rotatable bonds is 4. The van der Waals surface area contributed by atoms with E-state index in [0.717, 1.165) is 43.7 Å². The smallest absolute Gasteiger partial charge is 0.160 e. The zero-order chi connectivity index (χ0) is 21.9. The minimum Gasteiger partial charge on any atom is -0.228 e. The van der Waals surface area contributed by atoms with Gasteiger partial charge in [-0.15, -0.1) is 0 Å². The highest BCUT2D eigenvalue weighted by Gasteiger charge is 2.11. The van der Waals surface area contributed by atoms with Gasteiger partial charge in [-0.2, -0.15) is 0 Å². The first-order chi connectivity index (χ1) is 15.7. The second-order valence-electron chi connectivity index (χ2n) is 7.42. The minimum absolute atomic E-state index is 0.271. The summed E-state index contributed by atoms with van der Waals surface area (Å²) in [7, 11) is 0. The van der Waals surface area contributed by atoms with Gasteiger partial charge in [-0.3, -0.25) is 0 Å². The molecule has 4 heteroatoms. The lowest BCUT2D eigenvalue weighted by Crippen LogP contribution is -1.96. The quantitative estimate of drug-likeness (QED) is 0.260. The Morgan fingerprint density at radius 2 is 0.969 bits per heavy atom. The van der Waals surface area contributed by atoms with Gasteiger partial charge in [0.2, 0.25) is 0 Å². The van der Waals surface area contributed by atoms with E-state index < -0.39 is 0 Å². The molecule has 0 unspecified atom stereocenters. The molecule has 0 saturated carbocycles. The van der Waals surface area contributed by atoms with Gasteiger partial charge in [0, 0.05) is 21.2 Å². The highest BCUT2D eigenvalue weighted by atomic mass is 79.9. The summed E-state index contributed by atoms with van der Waals surface area (Å²) in [6.45, 7) is 0. The Kier molecular flexibility index (Phi) is 5.61. The molecule has 5 aromatic rings. The van der Waals surface area contributed by atoms with Gasteiger partial charge in [0.15, 0.2) is 5.82 Å². The van der Waals surface area contributed by atoms with E-state index >= 15 is 0 Å². The van der Waals surface area contributed by atoms with Crippen molar-refractivity contribution in [2.75, 3.05) is 0 Å². The summed E-state index contributed by atoms with van der Waals surface area (Å²) in [5.74, 6) is 0.358. The van der Waals surface area contributed by atoms with Crippen molar-refractivity contribution in [1.82, 2.24) is 9.97 Å². The first-order valence-corrected chi connectivity index (χ1v) is 11.0. The van der Waals surface area contributed by atoms with Crippen LogP contribution < -0.4 is 0 Å². The predicted molar refractivity (Wildman–Crippen MR) is 131 cm³/mol. The molecule has 4 aromatic carbocycles. The third-order valence-corrected chi connectivity index (χ3v) is 5.79. The first kappa shape index (κ1) is 20.3. The summed E-state index contributed by atoms with van der Waals surface area (Å²) < 4.78 is 14.5. The highest BCUT2D eigenvalue weighted by molar-refractivity contribution is 9.10. The summed E-state index contributed by atoms with van der Waals surface area (Å²) in [6.07, 6.45) is 0. The van der Waals surface area contributed by atoms with E-state index in [9.17, 15) is 4.39 Å². The Bertz CT molecular complexity index is 1280. The second-order valence-corrected chi connectivity index (χ2v) is 8.33. The number of hydrogen-bond acceptors (Lipinski definition) is 2. The fourth-order valence-electron chi connectivity index (χ4n) is 3.56. The number of benzene rings is 4. The van der Waals surface area contributed by atoms with E-state index in [2.05, 4.69) is 40.2 Å². The largest absolute Gasteiger partial charge is 0.228 e. The summed E-state index contributed by atoms with van der Waals surface area (Å²) in [6, 6.07) is 34.8. The van der Waals surface area contributed by atoms with Crippen LogP contribution in [0.4, 0.5) is 4.39 Å². The van der Waals surface area contributed by atoms with Crippen molar-refractivity contribution < 1.29 is 4.39 Å². The zero-order valence-corrected chi connectivity index (χ0v) is 18.6. The molecule has 0 amide bonds. The van der Waals surface area contributed by atoms with E-state index in [0.29, 0.717) is 5.82 Å². The maximum Gasteiger partial charge on any atom is 0.160 e. The second kappa shape index (κ2) is 8.85. The van der Waals surface area contributed by atoms with Crippen LogP contribution >= 0.6 is 15.9 Å². The van der Waals surface area contributed by atoms with E-state index in [4.69, 9.17) is 9.97 Å². The van der Waals surface area contributed by atoms with E-state index in [1.165, 1.54) is 12.1 Å². The van der Waals surface area contributed by atoms with Crippen LogP contribution in [-0.2, 0) is 0 Å². The molecule has 1 heterocycles. The average Bonchev–Trinajstić information content (AvgIpc) is 2.85. The molecular formula is C28H18BrFN2. The Balaban J connectivity index is 1.60. The van der Waals surface area contributed by atoms with Crippen LogP contribution in [0.25, 0.3) is 45.0 Å². The molecule has 0 bridgehead atoms. The maximum atomic E-state index is 13.5. The van der Waals surface area contributed by atoms with Crippen molar-refractivity contribution >= 4 is 15.9 Å². The van der Waals surface area contributed by atoms with Crippen molar-refractivity contribution in [2.24, 2.45) is 0 Å². The fraction of sp³-hybridized carbons (Fsp3) is 0. The summed E-state index contributed by atoms with van der Waals surface area (Å²) >= 11 is 3.48. The molecule has 0 N–H and O–H groups in total. The Labute approximate surface area is 194 Å². The maximum absolute atomic E-state index is 13.5. The Morgan fingerprint density at radius 1 is 0.500 bits per heavy atom. The predicted octanol–water partition coefficient (Wildman–Crippen LogP) is 8.05. The fourth-order valence-corrected chi connectivity index (χ4v) is 3.82. The number of aromatic nitrogens is 2.